The third-order valence-corrected chi connectivity index (χ3v) is 3.51. The van der Waals surface area contributed by atoms with Crippen molar-refractivity contribution in [2.24, 2.45) is 5.41 Å². The molecule has 0 unspecified atom stereocenters. The number of ether oxygens (including phenoxy) is 1. The fourth-order valence-corrected chi connectivity index (χ4v) is 2.14. The number of hydrogen-bond donors (Lipinski definition) is 2. The molecule has 0 saturated carbocycles. The van der Waals surface area contributed by atoms with Crippen LogP contribution in [-0.2, 0) is 4.79 Å². The Kier molecular flexibility index (Phi) is 4.31. The largest absolute Gasteiger partial charge is 0.497 e. The monoisotopic (exact) mass is 287 g/mol. The van der Waals surface area contributed by atoms with Gasteiger partial charge in [0.05, 0.1) is 12.5 Å². The van der Waals surface area contributed by atoms with Gasteiger partial charge in [0, 0.05) is 25.2 Å². The van der Waals surface area contributed by atoms with E-state index in [1.807, 2.05) is 38.1 Å². The van der Waals surface area contributed by atoms with Gasteiger partial charge in [-0.1, -0.05) is 6.07 Å². The molecular formula is C16H21N3O2. The summed E-state index contributed by atoms with van der Waals surface area (Å²) in [7, 11) is 3.28. The molecule has 0 aliphatic heterocycles. The Morgan fingerprint density at radius 3 is 2.76 bits per heavy atom. The predicted molar refractivity (Wildman–Crippen MR) is 84.6 cm³/mol. The maximum atomic E-state index is 11.8. The number of rotatable bonds is 5. The maximum absolute atomic E-state index is 11.8. The third kappa shape index (κ3) is 3.24. The van der Waals surface area contributed by atoms with Gasteiger partial charge in [0.25, 0.3) is 0 Å². The molecule has 2 rings (SSSR count). The van der Waals surface area contributed by atoms with Gasteiger partial charge >= 0.3 is 0 Å². The topological polar surface area (TPSA) is 63.2 Å². The number of hydrogen-bond acceptors (Lipinski definition) is 4. The van der Waals surface area contributed by atoms with Crippen molar-refractivity contribution in [1.82, 2.24) is 10.3 Å². The first kappa shape index (κ1) is 15.1. The highest BCUT2D eigenvalue weighted by Crippen LogP contribution is 2.26. The van der Waals surface area contributed by atoms with Crippen LogP contribution in [0.1, 0.15) is 13.8 Å². The highest BCUT2D eigenvalue weighted by Gasteiger charge is 2.26. The quantitative estimate of drug-likeness (QED) is 0.886. The van der Waals surface area contributed by atoms with E-state index < -0.39 is 5.41 Å². The van der Waals surface area contributed by atoms with E-state index in [9.17, 15) is 4.79 Å². The fraction of sp³-hybridized carbons (Fsp3) is 0.375. The van der Waals surface area contributed by atoms with Crippen LogP contribution in [0.2, 0.25) is 0 Å². The minimum Gasteiger partial charge on any atom is -0.497 e. The number of pyridine rings is 1. The summed E-state index contributed by atoms with van der Waals surface area (Å²) in [4.78, 5) is 16.2. The summed E-state index contributed by atoms with van der Waals surface area (Å²) in [5, 5.41) is 8.00. The summed E-state index contributed by atoms with van der Waals surface area (Å²) in [6, 6.07) is 7.80. The molecule has 112 valence electrons. The standard InChI is InChI=1S/C16H21N3O2/c1-16(2,15(20)17-3)10-19-14-13-9-12(21-4)6-5-11(13)7-8-18-14/h5-9H,10H2,1-4H3,(H,17,20)(H,18,19). The van der Waals surface area contributed by atoms with E-state index in [2.05, 4.69) is 15.6 Å². The van der Waals surface area contributed by atoms with Gasteiger partial charge in [0.1, 0.15) is 11.6 Å². The zero-order chi connectivity index (χ0) is 15.5. The Morgan fingerprint density at radius 2 is 2.10 bits per heavy atom. The Balaban J connectivity index is 2.28. The van der Waals surface area contributed by atoms with Crippen LogP contribution < -0.4 is 15.4 Å². The van der Waals surface area contributed by atoms with Crippen molar-refractivity contribution in [1.29, 1.82) is 0 Å². The summed E-state index contributed by atoms with van der Waals surface area (Å²) < 4.78 is 5.26. The van der Waals surface area contributed by atoms with Gasteiger partial charge in [-0.2, -0.15) is 0 Å². The number of nitrogens with one attached hydrogen (secondary N) is 2. The second-order valence-corrected chi connectivity index (χ2v) is 5.56. The van der Waals surface area contributed by atoms with Crippen LogP contribution in [0.4, 0.5) is 5.82 Å². The number of nitrogens with zero attached hydrogens (tertiary/aromatic N) is 1. The number of benzene rings is 1. The van der Waals surface area contributed by atoms with Crippen LogP contribution in [0.3, 0.4) is 0 Å². The van der Waals surface area contributed by atoms with Crippen LogP contribution in [0.25, 0.3) is 10.8 Å². The molecule has 2 N–H and O–H groups in total. The molecule has 0 aliphatic rings. The lowest BCUT2D eigenvalue weighted by atomic mass is 9.92. The van der Waals surface area contributed by atoms with Gasteiger partial charge in [0.2, 0.25) is 5.91 Å². The van der Waals surface area contributed by atoms with E-state index in [-0.39, 0.29) is 5.91 Å². The molecule has 0 spiro atoms. The minimum absolute atomic E-state index is 0.00665. The van der Waals surface area contributed by atoms with Crippen molar-refractivity contribution >= 4 is 22.5 Å². The van der Waals surface area contributed by atoms with E-state index in [1.54, 1.807) is 20.4 Å². The van der Waals surface area contributed by atoms with E-state index in [4.69, 9.17) is 4.74 Å². The molecule has 0 aliphatic carbocycles. The van der Waals surface area contributed by atoms with E-state index >= 15 is 0 Å². The second-order valence-electron chi connectivity index (χ2n) is 5.56. The van der Waals surface area contributed by atoms with Crippen molar-refractivity contribution in [2.45, 2.75) is 13.8 Å². The molecule has 0 atom stereocenters. The Hall–Kier alpha value is -2.30. The number of carbonyl (C=O) groups excluding carboxylic acids is 1. The van der Waals surface area contributed by atoms with Gasteiger partial charge in [-0.3, -0.25) is 4.79 Å². The molecular weight excluding hydrogens is 266 g/mol. The zero-order valence-corrected chi connectivity index (χ0v) is 12.9. The number of methoxy groups -OCH3 is 1. The van der Waals surface area contributed by atoms with Gasteiger partial charge in [0.15, 0.2) is 0 Å². The molecule has 0 fully saturated rings. The normalized spacial score (nSPS) is 11.2. The summed E-state index contributed by atoms with van der Waals surface area (Å²) in [5.74, 6) is 1.53. The van der Waals surface area contributed by atoms with Crippen molar-refractivity contribution in [3.8, 4) is 5.75 Å². The molecule has 0 saturated heterocycles. The van der Waals surface area contributed by atoms with Crippen LogP contribution in [0.5, 0.6) is 5.75 Å². The van der Waals surface area contributed by atoms with Crippen LogP contribution in [0, 0.1) is 5.41 Å². The summed E-state index contributed by atoms with van der Waals surface area (Å²) >= 11 is 0. The molecule has 1 amide bonds. The van der Waals surface area contributed by atoms with Crippen LogP contribution >= 0.6 is 0 Å². The molecule has 1 aromatic carbocycles. The lowest BCUT2D eigenvalue weighted by molar-refractivity contribution is -0.128. The number of carbonyl (C=O) groups is 1. The first-order valence-electron chi connectivity index (χ1n) is 6.87. The molecule has 21 heavy (non-hydrogen) atoms. The Bertz CT molecular complexity index is 653. The number of aromatic nitrogens is 1. The van der Waals surface area contributed by atoms with Crippen molar-refractivity contribution in [2.75, 3.05) is 26.0 Å². The fourth-order valence-electron chi connectivity index (χ4n) is 2.14. The SMILES string of the molecule is CNC(=O)C(C)(C)CNc1nccc2ccc(OC)cc12. The molecule has 1 aromatic heterocycles. The number of fused-ring (bicyclic) bond motifs is 1. The van der Waals surface area contributed by atoms with Crippen LogP contribution in [0.15, 0.2) is 30.5 Å². The first-order valence-corrected chi connectivity index (χ1v) is 6.87. The van der Waals surface area contributed by atoms with Crippen molar-refractivity contribution in [3.05, 3.63) is 30.5 Å². The Morgan fingerprint density at radius 1 is 1.33 bits per heavy atom. The van der Waals surface area contributed by atoms with Crippen LogP contribution in [-0.4, -0.2) is 31.6 Å². The average molecular weight is 287 g/mol. The van der Waals surface area contributed by atoms with E-state index in [0.29, 0.717) is 6.54 Å². The van der Waals surface area contributed by atoms with Gasteiger partial charge in [-0.05, 0) is 37.4 Å². The predicted octanol–water partition coefficient (Wildman–Crippen LogP) is 2.43. The molecule has 1 heterocycles. The van der Waals surface area contributed by atoms with Gasteiger partial charge < -0.3 is 15.4 Å². The lowest BCUT2D eigenvalue weighted by Gasteiger charge is -2.23. The van der Waals surface area contributed by atoms with E-state index in [1.165, 1.54) is 0 Å². The number of anilines is 1. The molecule has 0 radical (unpaired) electrons. The molecule has 2 aromatic rings. The minimum atomic E-state index is -0.516. The van der Waals surface area contributed by atoms with Crippen molar-refractivity contribution < 1.29 is 9.53 Å². The Labute approximate surface area is 124 Å². The highest BCUT2D eigenvalue weighted by molar-refractivity contribution is 5.93. The smallest absolute Gasteiger partial charge is 0.227 e. The summed E-state index contributed by atoms with van der Waals surface area (Å²) in [6.45, 7) is 4.28. The third-order valence-electron chi connectivity index (χ3n) is 3.51. The number of amides is 1. The van der Waals surface area contributed by atoms with Gasteiger partial charge in [-0.25, -0.2) is 4.98 Å². The molecule has 0 bridgehead atoms. The zero-order valence-electron chi connectivity index (χ0n) is 12.9. The van der Waals surface area contributed by atoms with Crippen molar-refractivity contribution in [3.63, 3.8) is 0 Å². The second kappa shape index (κ2) is 5.99. The lowest BCUT2D eigenvalue weighted by Crippen LogP contribution is -2.39. The average Bonchev–Trinajstić information content (AvgIpc) is 2.51. The molecule has 5 heteroatoms. The summed E-state index contributed by atoms with van der Waals surface area (Å²) in [5.41, 5.74) is -0.516. The van der Waals surface area contributed by atoms with E-state index in [0.717, 1.165) is 22.3 Å². The highest BCUT2D eigenvalue weighted by atomic mass is 16.5. The van der Waals surface area contributed by atoms with Gasteiger partial charge in [-0.15, -0.1) is 0 Å². The molecule has 5 nitrogen and oxygen atoms in total. The summed E-state index contributed by atoms with van der Waals surface area (Å²) in [6.07, 6.45) is 1.75. The first-order chi connectivity index (χ1) is 9.97. The maximum Gasteiger partial charge on any atom is 0.227 e.